The van der Waals surface area contributed by atoms with Crippen LogP contribution >= 0.6 is 0 Å². The Balaban J connectivity index is 1.65. The van der Waals surface area contributed by atoms with Crippen molar-refractivity contribution in [3.05, 3.63) is 36.5 Å². The molecule has 1 fully saturated rings. The van der Waals surface area contributed by atoms with Crippen LogP contribution in [0.25, 0.3) is 22.3 Å². The largest absolute Gasteiger partial charge is 0.316 e. The van der Waals surface area contributed by atoms with E-state index in [0.29, 0.717) is 6.04 Å². The first kappa shape index (κ1) is 17.1. The van der Waals surface area contributed by atoms with Crippen LogP contribution in [0.4, 0.5) is 0 Å². The lowest BCUT2D eigenvalue weighted by molar-refractivity contribution is 0.357. The average molecular weight is 350 g/mol. The Bertz CT molecular complexity index is 879. The van der Waals surface area contributed by atoms with Gasteiger partial charge in [-0.05, 0) is 64.6 Å². The molecule has 4 heterocycles. The van der Waals surface area contributed by atoms with E-state index < -0.39 is 0 Å². The molecular weight excluding hydrogens is 324 g/mol. The second-order valence-electron chi connectivity index (χ2n) is 7.43. The van der Waals surface area contributed by atoms with Crippen LogP contribution in [0, 0.1) is 5.92 Å². The molecule has 0 saturated carbocycles. The van der Waals surface area contributed by atoms with Crippen LogP contribution in [-0.4, -0.2) is 37.8 Å². The third-order valence-electron chi connectivity index (χ3n) is 5.14. The van der Waals surface area contributed by atoms with Gasteiger partial charge in [0.15, 0.2) is 0 Å². The first-order chi connectivity index (χ1) is 12.7. The van der Waals surface area contributed by atoms with Crippen LogP contribution in [0.2, 0.25) is 0 Å². The fourth-order valence-corrected chi connectivity index (χ4v) is 3.62. The van der Waals surface area contributed by atoms with Gasteiger partial charge in [-0.3, -0.25) is 19.6 Å². The minimum atomic E-state index is 0.335. The molecule has 0 amide bonds. The van der Waals surface area contributed by atoms with E-state index in [1.165, 1.54) is 12.8 Å². The molecule has 1 saturated heterocycles. The van der Waals surface area contributed by atoms with Crippen molar-refractivity contribution in [1.29, 1.82) is 0 Å². The van der Waals surface area contributed by atoms with E-state index in [2.05, 4.69) is 40.4 Å². The van der Waals surface area contributed by atoms with Crippen molar-refractivity contribution >= 4 is 11.0 Å². The van der Waals surface area contributed by atoms with Crippen molar-refractivity contribution in [3.63, 3.8) is 0 Å². The Morgan fingerprint density at radius 3 is 2.92 bits per heavy atom. The zero-order valence-corrected chi connectivity index (χ0v) is 15.5. The monoisotopic (exact) mass is 350 g/mol. The number of hydrogen-bond acceptors (Lipinski definition) is 5. The molecule has 3 aromatic heterocycles. The predicted octanol–water partition coefficient (Wildman–Crippen LogP) is 3.40. The summed E-state index contributed by atoms with van der Waals surface area (Å²) in [5.74, 6) is 0.726. The molecule has 26 heavy (non-hydrogen) atoms. The molecule has 1 atom stereocenters. The van der Waals surface area contributed by atoms with Crippen LogP contribution in [0.3, 0.4) is 0 Å². The molecule has 1 unspecified atom stereocenters. The van der Waals surface area contributed by atoms with E-state index in [1.54, 1.807) is 12.4 Å². The lowest BCUT2D eigenvalue weighted by Gasteiger charge is -2.22. The van der Waals surface area contributed by atoms with Gasteiger partial charge in [0.25, 0.3) is 0 Å². The number of aromatic nitrogens is 5. The van der Waals surface area contributed by atoms with Gasteiger partial charge >= 0.3 is 0 Å². The minimum Gasteiger partial charge on any atom is -0.316 e. The Morgan fingerprint density at radius 1 is 1.27 bits per heavy atom. The highest BCUT2D eigenvalue weighted by Gasteiger charge is 2.16. The van der Waals surface area contributed by atoms with Gasteiger partial charge in [-0.25, -0.2) is 0 Å². The van der Waals surface area contributed by atoms with E-state index in [0.717, 1.165) is 59.8 Å². The number of piperidine rings is 1. The molecule has 1 N–H and O–H groups in total. The smallest absolute Gasteiger partial charge is 0.110 e. The second kappa shape index (κ2) is 7.50. The highest BCUT2D eigenvalue weighted by molar-refractivity contribution is 5.80. The summed E-state index contributed by atoms with van der Waals surface area (Å²) in [5.41, 5.74) is 4.85. The van der Waals surface area contributed by atoms with Crippen molar-refractivity contribution in [1.82, 2.24) is 30.0 Å². The second-order valence-corrected chi connectivity index (χ2v) is 7.43. The van der Waals surface area contributed by atoms with Gasteiger partial charge in [0.05, 0.1) is 23.1 Å². The number of aryl methyl sites for hydroxylation is 1. The Morgan fingerprint density at radius 2 is 2.15 bits per heavy atom. The lowest BCUT2D eigenvalue weighted by Crippen LogP contribution is -2.30. The zero-order valence-electron chi connectivity index (χ0n) is 15.5. The van der Waals surface area contributed by atoms with Crippen LogP contribution < -0.4 is 5.32 Å². The maximum Gasteiger partial charge on any atom is 0.110 e. The van der Waals surface area contributed by atoms with Crippen LogP contribution in [0.15, 0.2) is 30.9 Å². The molecular formula is C20H26N6. The summed E-state index contributed by atoms with van der Waals surface area (Å²) >= 11 is 0. The number of nitrogens with one attached hydrogen (secondary N) is 1. The molecule has 4 rings (SSSR count). The molecule has 136 valence electrons. The van der Waals surface area contributed by atoms with Gasteiger partial charge in [-0.1, -0.05) is 0 Å². The van der Waals surface area contributed by atoms with E-state index in [1.807, 2.05) is 16.9 Å². The van der Waals surface area contributed by atoms with Gasteiger partial charge < -0.3 is 5.32 Å². The topological polar surface area (TPSA) is 68.5 Å². The van der Waals surface area contributed by atoms with Crippen molar-refractivity contribution in [3.8, 4) is 11.3 Å². The summed E-state index contributed by atoms with van der Waals surface area (Å²) in [6.45, 7) is 6.52. The fraction of sp³-hybridized carbons (Fsp3) is 0.500. The molecule has 0 aliphatic carbocycles. The Labute approximate surface area is 154 Å². The minimum absolute atomic E-state index is 0.335. The zero-order chi connectivity index (χ0) is 17.9. The first-order valence-electron chi connectivity index (χ1n) is 9.56. The number of fused-ring (bicyclic) bond motifs is 1. The first-order valence-corrected chi connectivity index (χ1v) is 9.56. The third-order valence-corrected chi connectivity index (χ3v) is 5.14. The number of hydrogen-bond donors (Lipinski definition) is 1. The van der Waals surface area contributed by atoms with Gasteiger partial charge in [-0.2, -0.15) is 5.10 Å². The predicted molar refractivity (Wildman–Crippen MR) is 103 cm³/mol. The average Bonchev–Trinajstić information content (AvgIpc) is 3.17. The number of pyridine rings is 1. The van der Waals surface area contributed by atoms with Crippen molar-refractivity contribution in [2.24, 2.45) is 5.92 Å². The maximum absolute atomic E-state index is 4.95. The van der Waals surface area contributed by atoms with Crippen LogP contribution in [0.1, 0.15) is 44.8 Å². The molecule has 1 aliphatic rings. The Hall–Kier alpha value is -2.34. The molecule has 0 spiro atoms. The maximum atomic E-state index is 4.95. The molecule has 0 bridgehead atoms. The van der Waals surface area contributed by atoms with Gasteiger partial charge in [0.2, 0.25) is 0 Å². The summed E-state index contributed by atoms with van der Waals surface area (Å²) < 4.78 is 1.96. The van der Waals surface area contributed by atoms with E-state index in [9.17, 15) is 0 Å². The molecule has 1 aliphatic heterocycles. The molecule has 0 aromatic carbocycles. The van der Waals surface area contributed by atoms with Crippen LogP contribution in [-0.2, 0) is 6.42 Å². The van der Waals surface area contributed by atoms with Crippen LogP contribution in [0.5, 0.6) is 0 Å². The highest BCUT2D eigenvalue weighted by Crippen LogP contribution is 2.25. The summed E-state index contributed by atoms with van der Waals surface area (Å²) in [5, 5.41) is 7.95. The third kappa shape index (κ3) is 3.60. The summed E-state index contributed by atoms with van der Waals surface area (Å²) in [4.78, 5) is 14.0. The van der Waals surface area contributed by atoms with E-state index >= 15 is 0 Å². The highest BCUT2D eigenvalue weighted by atomic mass is 15.3. The molecule has 6 heteroatoms. The number of rotatable bonds is 5. The normalized spacial score (nSPS) is 17.9. The SMILES string of the molecule is CC(C)n1cc(-c2cc3nccnc3c(CCC3CCCNC3)n2)cn1. The quantitative estimate of drug-likeness (QED) is 0.764. The summed E-state index contributed by atoms with van der Waals surface area (Å²) in [6, 6.07) is 2.36. The van der Waals surface area contributed by atoms with E-state index in [-0.39, 0.29) is 0 Å². The van der Waals surface area contributed by atoms with Crippen molar-refractivity contribution in [2.75, 3.05) is 13.1 Å². The number of nitrogens with zero attached hydrogens (tertiary/aromatic N) is 5. The van der Waals surface area contributed by atoms with Crippen molar-refractivity contribution < 1.29 is 0 Å². The van der Waals surface area contributed by atoms with Gasteiger partial charge in [0.1, 0.15) is 5.52 Å². The molecule has 3 aromatic rings. The standard InChI is InChI=1S/C20H26N6/c1-14(2)26-13-16(12-24-26)18-10-19-20(23-9-8-22-19)17(25-18)6-5-15-4-3-7-21-11-15/h8-10,12-15,21H,3-7,11H2,1-2H3. The Kier molecular flexibility index (Phi) is 4.93. The van der Waals surface area contributed by atoms with E-state index in [4.69, 9.17) is 4.98 Å². The van der Waals surface area contributed by atoms with Crippen molar-refractivity contribution in [2.45, 2.75) is 45.6 Å². The molecule has 6 nitrogen and oxygen atoms in total. The lowest BCUT2D eigenvalue weighted by atomic mass is 9.93. The molecule has 0 radical (unpaired) electrons. The van der Waals surface area contributed by atoms with Gasteiger partial charge in [0, 0.05) is 30.2 Å². The summed E-state index contributed by atoms with van der Waals surface area (Å²) in [6.07, 6.45) is 12.1. The van der Waals surface area contributed by atoms with Gasteiger partial charge in [-0.15, -0.1) is 0 Å². The summed E-state index contributed by atoms with van der Waals surface area (Å²) in [7, 11) is 0. The fourth-order valence-electron chi connectivity index (χ4n) is 3.62.